The summed E-state index contributed by atoms with van der Waals surface area (Å²) in [5.41, 5.74) is 6.00. The van der Waals surface area contributed by atoms with Gasteiger partial charge in [0.05, 0.1) is 18.0 Å². The molecule has 0 aromatic heterocycles. The molecule has 0 amide bonds. The molecular formula is C14H29NO4S. The van der Waals surface area contributed by atoms with Gasteiger partial charge in [-0.15, -0.1) is 0 Å². The molecule has 1 aliphatic carbocycles. The fraction of sp³-hybridized carbons (Fsp3) is 1.00. The van der Waals surface area contributed by atoms with Crippen molar-refractivity contribution >= 4 is 9.84 Å². The summed E-state index contributed by atoms with van der Waals surface area (Å²) >= 11 is 0. The quantitative estimate of drug-likeness (QED) is 0.647. The molecule has 0 bridgehead atoms. The van der Waals surface area contributed by atoms with Gasteiger partial charge in [0, 0.05) is 6.04 Å². The molecule has 4 N–H and O–H groups in total. The third kappa shape index (κ3) is 4.41. The number of nitrogens with two attached hydrogens (primary N) is 1. The van der Waals surface area contributed by atoms with Gasteiger partial charge in [-0.2, -0.15) is 0 Å². The fourth-order valence-electron chi connectivity index (χ4n) is 2.98. The average Bonchev–Trinajstić information content (AvgIpc) is 2.40. The van der Waals surface area contributed by atoms with Gasteiger partial charge in [0.1, 0.15) is 5.25 Å². The van der Waals surface area contributed by atoms with Gasteiger partial charge in [0.2, 0.25) is 0 Å². The molecule has 1 fully saturated rings. The molecule has 1 aliphatic rings. The van der Waals surface area contributed by atoms with Crippen LogP contribution in [0.4, 0.5) is 0 Å². The van der Waals surface area contributed by atoms with E-state index in [-0.39, 0.29) is 0 Å². The summed E-state index contributed by atoms with van der Waals surface area (Å²) in [6.07, 6.45) is 5.24. The molecule has 0 aromatic rings. The Morgan fingerprint density at radius 3 is 2.20 bits per heavy atom. The van der Waals surface area contributed by atoms with Crippen molar-refractivity contribution < 1.29 is 18.6 Å². The lowest BCUT2D eigenvalue weighted by Gasteiger charge is -2.31. The number of hydrogen-bond donors (Lipinski definition) is 3. The molecule has 0 radical (unpaired) electrons. The van der Waals surface area contributed by atoms with Crippen molar-refractivity contribution in [3.8, 4) is 0 Å². The van der Waals surface area contributed by atoms with Gasteiger partial charge in [-0.25, -0.2) is 8.42 Å². The van der Waals surface area contributed by atoms with E-state index in [1.54, 1.807) is 13.8 Å². The van der Waals surface area contributed by atoms with Crippen molar-refractivity contribution in [2.24, 2.45) is 11.7 Å². The summed E-state index contributed by atoms with van der Waals surface area (Å²) in [5.74, 6) is 0.467. The predicted octanol–water partition coefficient (Wildman–Crippen LogP) is 0.829. The van der Waals surface area contributed by atoms with E-state index in [1.807, 2.05) is 0 Å². The Morgan fingerprint density at radius 1 is 1.20 bits per heavy atom. The molecule has 20 heavy (non-hydrogen) atoms. The highest BCUT2D eigenvalue weighted by Gasteiger charge is 2.37. The van der Waals surface area contributed by atoms with Crippen molar-refractivity contribution in [3.05, 3.63) is 0 Å². The van der Waals surface area contributed by atoms with Crippen molar-refractivity contribution in [3.63, 3.8) is 0 Å². The third-order valence-corrected chi connectivity index (χ3v) is 6.99. The van der Waals surface area contributed by atoms with Gasteiger partial charge in [-0.05, 0) is 26.2 Å². The van der Waals surface area contributed by atoms with Crippen LogP contribution in [0.2, 0.25) is 0 Å². The molecule has 3 atom stereocenters. The highest BCUT2D eigenvalue weighted by molar-refractivity contribution is 7.92. The SMILES string of the molecule is CC(C)S(=O)(=O)[C@@H](CO)[C@@H](O)[C@@H](N)CC1CCCCC1. The van der Waals surface area contributed by atoms with E-state index in [0.29, 0.717) is 12.3 Å². The molecule has 6 heteroatoms. The molecule has 0 aromatic carbocycles. The summed E-state index contributed by atoms with van der Waals surface area (Å²) in [6, 6.07) is -0.594. The molecule has 1 rings (SSSR count). The second-order valence-electron chi connectivity index (χ2n) is 6.25. The van der Waals surface area contributed by atoms with E-state index in [2.05, 4.69) is 0 Å². The highest BCUT2D eigenvalue weighted by Crippen LogP contribution is 2.28. The lowest BCUT2D eigenvalue weighted by molar-refractivity contribution is 0.0994. The molecule has 0 spiro atoms. The van der Waals surface area contributed by atoms with Crippen LogP contribution in [0.25, 0.3) is 0 Å². The van der Waals surface area contributed by atoms with E-state index < -0.39 is 39.1 Å². The Morgan fingerprint density at radius 2 is 1.75 bits per heavy atom. The minimum atomic E-state index is -3.55. The van der Waals surface area contributed by atoms with Crippen LogP contribution in [0, 0.1) is 5.92 Å². The minimum absolute atomic E-state index is 0.467. The van der Waals surface area contributed by atoms with E-state index in [4.69, 9.17) is 5.73 Å². The van der Waals surface area contributed by atoms with E-state index in [1.165, 1.54) is 19.3 Å². The standard InChI is InChI=1S/C14H29NO4S/c1-10(2)20(18,19)13(9-16)14(17)12(15)8-11-6-4-3-5-7-11/h10-14,16-17H,3-9,15H2,1-2H3/t12-,13-,14-/m0/s1. The molecule has 0 aliphatic heterocycles. The monoisotopic (exact) mass is 307 g/mol. The topological polar surface area (TPSA) is 101 Å². The van der Waals surface area contributed by atoms with Gasteiger partial charge >= 0.3 is 0 Å². The van der Waals surface area contributed by atoms with Crippen molar-refractivity contribution in [2.45, 2.75) is 75.0 Å². The zero-order valence-electron chi connectivity index (χ0n) is 12.5. The summed E-state index contributed by atoms with van der Waals surface area (Å²) in [4.78, 5) is 0. The first-order valence-electron chi connectivity index (χ1n) is 7.58. The Balaban J connectivity index is 2.67. The van der Waals surface area contributed by atoms with Gasteiger partial charge in [-0.3, -0.25) is 0 Å². The van der Waals surface area contributed by atoms with E-state index in [9.17, 15) is 18.6 Å². The molecule has 120 valence electrons. The Kier molecular flexibility index (Phi) is 6.91. The predicted molar refractivity (Wildman–Crippen MR) is 80.1 cm³/mol. The Hall–Kier alpha value is -0.170. The van der Waals surface area contributed by atoms with Crippen LogP contribution in [0.5, 0.6) is 0 Å². The second kappa shape index (κ2) is 7.73. The van der Waals surface area contributed by atoms with Crippen LogP contribution in [-0.4, -0.2) is 47.9 Å². The van der Waals surface area contributed by atoms with Gasteiger partial charge in [-0.1, -0.05) is 32.1 Å². The summed E-state index contributed by atoms with van der Waals surface area (Å²) in [7, 11) is -3.55. The molecule has 0 saturated heterocycles. The van der Waals surface area contributed by atoms with Gasteiger partial charge < -0.3 is 15.9 Å². The number of aliphatic hydroxyl groups excluding tert-OH is 2. The van der Waals surface area contributed by atoms with Crippen LogP contribution < -0.4 is 5.73 Å². The van der Waals surface area contributed by atoms with Crippen LogP contribution in [0.1, 0.15) is 52.4 Å². The normalized spacial score (nSPS) is 22.7. The Bertz CT molecular complexity index is 377. The lowest BCUT2D eigenvalue weighted by Crippen LogP contribution is -2.50. The minimum Gasteiger partial charge on any atom is -0.395 e. The summed E-state index contributed by atoms with van der Waals surface area (Å²) in [6.45, 7) is 2.52. The van der Waals surface area contributed by atoms with E-state index >= 15 is 0 Å². The van der Waals surface area contributed by atoms with Crippen LogP contribution in [0.3, 0.4) is 0 Å². The first-order chi connectivity index (χ1) is 9.30. The average molecular weight is 307 g/mol. The zero-order chi connectivity index (χ0) is 15.3. The zero-order valence-corrected chi connectivity index (χ0v) is 13.3. The second-order valence-corrected chi connectivity index (χ2v) is 8.98. The van der Waals surface area contributed by atoms with Crippen LogP contribution in [-0.2, 0) is 9.84 Å². The number of rotatable bonds is 7. The number of sulfone groups is 1. The summed E-state index contributed by atoms with van der Waals surface area (Å²) < 4.78 is 24.2. The van der Waals surface area contributed by atoms with Gasteiger partial charge in [0.25, 0.3) is 0 Å². The third-order valence-electron chi connectivity index (χ3n) is 4.41. The summed E-state index contributed by atoms with van der Waals surface area (Å²) in [5, 5.41) is 17.8. The first kappa shape index (κ1) is 17.9. The smallest absolute Gasteiger partial charge is 0.160 e. The van der Waals surface area contributed by atoms with Crippen molar-refractivity contribution in [1.29, 1.82) is 0 Å². The maximum atomic E-state index is 12.1. The molecule has 0 unspecified atom stereocenters. The molecule has 1 saturated carbocycles. The fourth-order valence-corrected chi connectivity index (χ4v) is 4.48. The Labute approximate surface area is 122 Å². The van der Waals surface area contributed by atoms with Crippen molar-refractivity contribution in [2.75, 3.05) is 6.61 Å². The largest absolute Gasteiger partial charge is 0.395 e. The molecular weight excluding hydrogens is 278 g/mol. The van der Waals surface area contributed by atoms with Gasteiger partial charge in [0.15, 0.2) is 9.84 Å². The van der Waals surface area contributed by atoms with Crippen molar-refractivity contribution in [1.82, 2.24) is 0 Å². The maximum Gasteiger partial charge on any atom is 0.160 e. The number of hydrogen-bond acceptors (Lipinski definition) is 5. The maximum absolute atomic E-state index is 12.1. The van der Waals surface area contributed by atoms with Crippen LogP contribution >= 0.6 is 0 Å². The van der Waals surface area contributed by atoms with Crippen LogP contribution in [0.15, 0.2) is 0 Å². The molecule has 5 nitrogen and oxygen atoms in total. The molecule has 0 heterocycles. The van der Waals surface area contributed by atoms with E-state index in [0.717, 1.165) is 12.8 Å². The highest BCUT2D eigenvalue weighted by atomic mass is 32.2. The lowest BCUT2D eigenvalue weighted by atomic mass is 9.83. The number of aliphatic hydroxyl groups is 2. The first-order valence-corrected chi connectivity index (χ1v) is 9.18.